The number of benzene rings is 1. The van der Waals surface area contributed by atoms with Crippen molar-refractivity contribution in [1.82, 2.24) is 30.1 Å². The lowest BCUT2D eigenvalue weighted by Crippen LogP contribution is -2.24. The molecule has 1 aromatic carbocycles. The average Bonchev–Trinajstić information content (AvgIpc) is 3.30. The Morgan fingerprint density at radius 1 is 1.21 bits per heavy atom. The largest absolute Gasteiger partial charge is 0.345 e. The molecule has 0 radical (unpaired) electrons. The SMILES string of the molecule is O=C(NCc1nnc2c(-c3nc(C4CC4)no3)cccn12)c1ccccc1F. The third-order valence-electron chi connectivity index (χ3n) is 4.65. The van der Waals surface area contributed by atoms with E-state index in [4.69, 9.17) is 4.52 Å². The fraction of sp³-hybridized carbons (Fsp3) is 0.211. The van der Waals surface area contributed by atoms with Crippen LogP contribution in [-0.4, -0.2) is 30.6 Å². The molecule has 1 N–H and O–H groups in total. The first kappa shape index (κ1) is 16.5. The number of fused-ring (bicyclic) bond motifs is 1. The number of carbonyl (C=O) groups is 1. The van der Waals surface area contributed by atoms with Crippen molar-refractivity contribution in [3.8, 4) is 11.5 Å². The lowest BCUT2D eigenvalue weighted by atomic mass is 10.2. The van der Waals surface area contributed by atoms with Gasteiger partial charge in [-0.05, 0) is 37.1 Å². The summed E-state index contributed by atoms with van der Waals surface area (Å²) in [5.74, 6) is 0.909. The van der Waals surface area contributed by atoms with E-state index < -0.39 is 11.7 Å². The maximum atomic E-state index is 13.7. The Morgan fingerprint density at radius 3 is 2.89 bits per heavy atom. The molecule has 0 saturated heterocycles. The van der Waals surface area contributed by atoms with Crippen LogP contribution in [0.1, 0.15) is 40.8 Å². The molecule has 28 heavy (non-hydrogen) atoms. The second kappa shape index (κ2) is 6.52. The Kier molecular flexibility index (Phi) is 3.85. The van der Waals surface area contributed by atoms with E-state index in [1.54, 1.807) is 16.7 Å². The third-order valence-corrected chi connectivity index (χ3v) is 4.65. The van der Waals surface area contributed by atoms with E-state index in [1.165, 1.54) is 18.2 Å². The smallest absolute Gasteiger partial charge is 0.261 e. The Bertz CT molecular complexity index is 1180. The van der Waals surface area contributed by atoms with Gasteiger partial charge in [-0.1, -0.05) is 17.3 Å². The zero-order valence-electron chi connectivity index (χ0n) is 14.7. The van der Waals surface area contributed by atoms with Crippen molar-refractivity contribution in [3.63, 3.8) is 0 Å². The third kappa shape index (κ3) is 2.90. The minimum absolute atomic E-state index is 0.0181. The summed E-state index contributed by atoms with van der Waals surface area (Å²) in [6, 6.07) is 9.46. The van der Waals surface area contributed by atoms with Crippen LogP contribution in [-0.2, 0) is 6.54 Å². The van der Waals surface area contributed by atoms with Crippen molar-refractivity contribution in [2.24, 2.45) is 0 Å². The summed E-state index contributed by atoms with van der Waals surface area (Å²) >= 11 is 0. The maximum Gasteiger partial charge on any atom is 0.261 e. The van der Waals surface area contributed by atoms with E-state index >= 15 is 0 Å². The van der Waals surface area contributed by atoms with Gasteiger partial charge in [0, 0.05) is 12.1 Å². The van der Waals surface area contributed by atoms with Crippen molar-refractivity contribution < 1.29 is 13.7 Å². The second-order valence-electron chi connectivity index (χ2n) is 6.63. The minimum atomic E-state index is -0.573. The van der Waals surface area contributed by atoms with Gasteiger partial charge in [0.05, 0.1) is 17.7 Å². The zero-order valence-corrected chi connectivity index (χ0v) is 14.7. The highest BCUT2D eigenvalue weighted by Crippen LogP contribution is 2.39. The fourth-order valence-corrected chi connectivity index (χ4v) is 3.00. The van der Waals surface area contributed by atoms with Crippen molar-refractivity contribution in [1.29, 1.82) is 0 Å². The molecule has 9 heteroatoms. The number of hydrogen-bond acceptors (Lipinski definition) is 6. The summed E-state index contributed by atoms with van der Waals surface area (Å²) in [5.41, 5.74) is 1.19. The van der Waals surface area contributed by atoms with Crippen LogP contribution in [0.4, 0.5) is 4.39 Å². The molecule has 1 fully saturated rings. The molecule has 0 unspecified atom stereocenters. The number of rotatable bonds is 5. The summed E-state index contributed by atoms with van der Waals surface area (Å²) in [6.45, 7) is 0.0922. The summed E-state index contributed by atoms with van der Waals surface area (Å²) in [7, 11) is 0. The van der Waals surface area contributed by atoms with Gasteiger partial charge in [0.15, 0.2) is 17.3 Å². The molecule has 0 spiro atoms. The van der Waals surface area contributed by atoms with E-state index in [1.807, 2.05) is 12.1 Å². The van der Waals surface area contributed by atoms with E-state index in [0.717, 1.165) is 12.8 Å². The topological polar surface area (TPSA) is 98.2 Å². The van der Waals surface area contributed by atoms with Gasteiger partial charge in [-0.3, -0.25) is 9.20 Å². The molecule has 0 bridgehead atoms. The molecule has 3 aromatic heterocycles. The van der Waals surface area contributed by atoms with Gasteiger partial charge in [-0.15, -0.1) is 10.2 Å². The van der Waals surface area contributed by atoms with Gasteiger partial charge in [0.25, 0.3) is 11.8 Å². The summed E-state index contributed by atoms with van der Waals surface area (Å²) in [4.78, 5) is 16.7. The molecule has 1 amide bonds. The van der Waals surface area contributed by atoms with Crippen LogP contribution in [0.2, 0.25) is 0 Å². The summed E-state index contributed by atoms with van der Waals surface area (Å²) in [5, 5.41) is 15.0. The predicted octanol–water partition coefficient (Wildman–Crippen LogP) is 2.73. The molecule has 3 heterocycles. The van der Waals surface area contributed by atoms with Crippen molar-refractivity contribution in [2.75, 3.05) is 0 Å². The van der Waals surface area contributed by atoms with Gasteiger partial charge < -0.3 is 9.84 Å². The Balaban J connectivity index is 1.40. The van der Waals surface area contributed by atoms with Crippen molar-refractivity contribution in [2.45, 2.75) is 25.3 Å². The highest BCUT2D eigenvalue weighted by atomic mass is 19.1. The summed E-state index contributed by atoms with van der Waals surface area (Å²) in [6.07, 6.45) is 3.95. The van der Waals surface area contributed by atoms with Crippen LogP contribution in [0.5, 0.6) is 0 Å². The zero-order chi connectivity index (χ0) is 19.1. The van der Waals surface area contributed by atoms with Crippen LogP contribution in [0.3, 0.4) is 0 Å². The standard InChI is InChI=1S/C19H15FN6O2/c20-14-6-2-1-4-12(14)18(27)21-10-15-23-24-17-13(5-3-9-26(15)17)19-22-16(25-28-19)11-7-8-11/h1-6,9,11H,7-8,10H2,(H,21,27). The number of aromatic nitrogens is 5. The molecule has 140 valence electrons. The molecule has 1 aliphatic carbocycles. The lowest BCUT2D eigenvalue weighted by molar-refractivity contribution is 0.0945. The molecule has 0 atom stereocenters. The lowest BCUT2D eigenvalue weighted by Gasteiger charge is -2.05. The van der Waals surface area contributed by atoms with Gasteiger partial charge in [-0.25, -0.2) is 4.39 Å². The molecule has 4 aromatic rings. The number of amides is 1. The monoisotopic (exact) mass is 378 g/mol. The van der Waals surface area contributed by atoms with E-state index in [2.05, 4.69) is 25.7 Å². The van der Waals surface area contributed by atoms with Gasteiger partial charge in [0.1, 0.15) is 5.82 Å². The Hall–Kier alpha value is -3.62. The van der Waals surface area contributed by atoms with E-state index in [9.17, 15) is 9.18 Å². The number of carbonyl (C=O) groups excluding carboxylic acids is 1. The Labute approximate surface area is 158 Å². The first-order valence-corrected chi connectivity index (χ1v) is 8.90. The quantitative estimate of drug-likeness (QED) is 0.573. The first-order chi connectivity index (χ1) is 13.7. The van der Waals surface area contributed by atoms with Crippen molar-refractivity contribution >= 4 is 11.6 Å². The average molecular weight is 378 g/mol. The summed E-state index contributed by atoms with van der Waals surface area (Å²) < 4.78 is 20.9. The minimum Gasteiger partial charge on any atom is -0.345 e. The number of nitrogens with zero attached hydrogens (tertiary/aromatic N) is 5. The number of hydrogen-bond donors (Lipinski definition) is 1. The van der Waals surface area contributed by atoms with Gasteiger partial charge in [0.2, 0.25) is 0 Å². The highest BCUT2D eigenvalue weighted by molar-refractivity contribution is 5.94. The number of nitrogens with one attached hydrogen (secondary N) is 1. The molecule has 1 aliphatic rings. The van der Waals surface area contributed by atoms with E-state index in [0.29, 0.717) is 34.7 Å². The number of halogens is 1. The van der Waals surface area contributed by atoms with Crippen LogP contribution < -0.4 is 5.32 Å². The predicted molar refractivity (Wildman–Crippen MR) is 95.8 cm³/mol. The highest BCUT2D eigenvalue weighted by Gasteiger charge is 2.29. The van der Waals surface area contributed by atoms with Crippen LogP contribution >= 0.6 is 0 Å². The first-order valence-electron chi connectivity index (χ1n) is 8.90. The fourth-order valence-electron chi connectivity index (χ4n) is 3.00. The van der Waals surface area contributed by atoms with Gasteiger partial charge in [-0.2, -0.15) is 4.98 Å². The van der Waals surface area contributed by atoms with Crippen LogP contribution in [0.25, 0.3) is 17.1 Å². The molecule has 1 saturated carbocycles. The maximum absolute atomic E-state index is 13.7. The van der Waals surface area contributed by atoms with Gasteiger partial charge >= 0.3 is 0 Å². The molecule has 0 aliphatic heterocycles. The normalized spacial score (nSPS) is 13.8. The van der Waals surface area contributed by atoms with Crippen LogP contribution in [0.15, 0.2) is 47.1 Å². The molecular formula is C19H15FN6O2. The molecular weight excluding hydrogens is 363 g/mol. The molecule has 8 nitrogen and oxygen atoms in total. The second-order valence-corrected chi connectivity index (χ2v) is 6.63. The molecule has 5 rings (SSSR count). The van der Waals surface area contributed by atoms with Crippen LogP contribution in [0, 0.1) is 5.82 Å². The van der Waals surface area contributed by atoms with Crippen molar-refractivity contribution in [3.05, 3.63) is 65.6 Å². The number of pyridine rings is 1. The van der Waals surface area contributed by atoms with E-state index in [-0.39, 0.29) is 12.1 Å². The Morgan fingerprint density at radius 2 is 2.07 bits per heavy atom.